The average molecular weight is 496 g/mol. The van der Waals surface area contributed by atoms with Gasteiger partial charge in [0.25, 0.3) is 5.91 Å². The normalized spacial score (nSPS) is 15.4. The number of carbonyl (C=O) groups is 1. The van der Waals surface area contributed by atoms with Crippen molar-refractivity contribution in [3.63, 3.8) is 0 Å². The number of para-hydroxylation sites is 1. The molecule has 1 aliphatic heterocycles. The molecule has 0 spiro atoms. The van der Waals surface area contributed by atoms with Gasteiger partial charge in [-0.2, -0.15) is 0 Å². The Morgan fingerprint density at radius 1 is 1.06 bits per heavy atom. The highest BCUT2D eigenvalue weighted by molar-refractivity contribution is 7.21. The third-order valence-corrected chi connectivity index (χ3v) is 7.66. The fourth-order valence-electron chi connectivity index (χ4n) is 4.53. The van der Waals surface area contributed by atoms with E-state index in [4.69, 9.17) is 27.9 Å². The van der Waals surface area contributed by atoms with Crippen molar-refractivity contribution in [3.8, 4) is 16.9 Å². The van der Waals surface area contributed by atoms with Crippen LogP contribution in [0.5, 0.6) is 5.75 Å². The van der Waals surface area contributed by atoms with E-state index in [9.17, 15) is 4.79 Å². The van der Waals surface area contributed by atoms with Crippen molar-refractivity contribution in [2.45, 2.75) is 32.2 Å². The number of hydrogen-bond donors (Lipinski definition) is 1. The van der Waals surface area contributed by atoms with Crippen LogP contribution in [0.3, 0.4) is 0 Å². The summed E-state index contributed by atoms with van der Waals surface area (Å²) in [5, 5.41) is 5.55. The first-order valence-corrected chi connectivity index (χ1v) is 12.5. The van der Waals surface area contributed by atoms with Crippen LogP contribution in [-0.2, 0) is 0 Å². The molecule has 5 rings (SSSR count). The smallest absolute Gasteiger partial charge is 0.262 e. The van der Waals surface area contributed by atoms with Gasteiger partial charge in [-0.15, -0.1) is 11.3 Å². The highest BCUT2D eigenvalue weighted by atomic mass is 35.5. The molecule has 0 radical (unpaired) electrons. The molecule has 1 aromatic heterocycles. The standard InChI is InChI=1S/C27H23Cl2NO2S/c1-15(2)24-21-8-5-7-19(16-12-17(28)14-18(29)13-16)25(21)33-26(24)27(31)30-22-10-11-32-23-9-4-3-6-20(22)23/h3-9,12-15,22H,10-11H2,1-2H3,(H,30,31). The Morgan fingerprint density at radius 2 is 1.82 bits per heavy atom. The molecule has 33 heavy (non-hydrogen) atoms. The maximum atomic E-state index is 13.6. The lowest BCUT2D eigenvalue weighted by Crippen LogP contribution is -2.32. The van der Waals surface area contributed by atoms with Crippen molar-refractivity contribution < 1.29 is 9.53 Å². The van der Waals surface area contributed by atoms with Gasteiger partial charge in [-0.3, -0.25) is 4.79 Å². The first kappa shape index (κ1) is 22.3. The van der Waals surface area contributed by atoms with Gasteiger partial charge in [0.2, 0.25) is 0 Å². The topological polar surface area (TPSA) is 38.3 Å². The molecule has 1 atom stereocenters. The van der Waals surface area contributed by atoms with Crippen LogP contribution in [0, 0.1) is 0 Å². The van der Waals surface area contributed by atoms with Crippen LogP contribution in [-0.4, -0.2) is 12.5 Å². The Bertz CT molecular complexity index is 1340. The maximum absolute atomic E-state index is 13.6. The molecule has 3 nitrogen and oxygen atoms in total. The summed E-state index contributed by atoms with van der Waals surface area (Å²) < 4.78 is 6.83. The number of rotatable bonds is 4. The number of ether oxygens (including phenoxy) is 1. The lowest BCUT2D eigenvalue weighted by Gasteiger charge is -2.26. The largest absolute Gasteiger partial charge is 0.493 e. The van der Waals surface area contributed by atoms with Gasteiger partial charge in [-0.1, -0.05) is 73.4 Å². The zero-order chi connectivity index (χ0) is 23.1. The summed E-state index contributed by atoms with van der Waals surface area (Å²) in [5.41, 5.74) is 4.07. The van der Waals surface area contributed by atoms with Gasteiger partial charge in [0.1, 0.15) is 5.75 Å². The molecule has 0 bridgehead atoms. The van der Waals surface area contributed by atoms with Gasteiger partial charge >= 0.3 is 0 Å². The Hall–Kier alpha value is -2.53. The molecule has 1 N–H and O–H groups in total. The molecule has 4 aromatic rings. The summed E-state index contributed by atoms with van der Waals surface area (Å²) in [6, 6.07) is 19.6. The quantitative estimate of drug-likeness (QED) is 0.309. The van der Waals surface area contributed by atoms with Crippen molar-refractivity contribution in [2.24, 2.45) is 0 Å². The Morgan fingerprint density at radius 3 is 2.58 bits per heavy atom. The Balaban J connectivity index is 1.59. The van der Waals surface area contributed by atoms with Gasteiger partial charge in [-0.05, 0) is 52.3 Å². The minimum Gasteiger partial charge on any atom is -0.493 e. The van der Waals surface area contributed by atoms with E-state index in [-0.39, 0.29) is 17.9 Å². The molecule has 168 valence electrons. The Labute approximate surface area is 207 Å². The van der Waals surface area contributed by atoms with Crippen LogP contribution in [0.4, 0.5) is 0 Å². The lowest BCUT2D eigenvalue weighted by atomic mass is 9.95. The average Bonchev–Trinajstić information content (AvgIpc) is 3.19. The van der Waals surface area contributed by atoms with E-state index < -0.39 is 0 Å². The second-order valence-corrected chi connectivity index (χ2v) is 10.4. The summed E-state index contributed by atoms with van der Waals surface area (Å²) in [5.74, 6) is 0.992. The number of carbonyl (C=O) groups excluding carboxylic acids is 1. The van der Waals surface area contributed by atoms with E-state index in [1.165, 1.54) is 11.3 Å². The number of hydrogen-bond acceptors (Lipinski definition) is 3. The molecule has 1 aliphatic rings. The predicted octanol–water partition coefficient (Wildman–Crippen LogP) is 8.25. The van der Waals surface area contributed by atoms with Crippen molar-refractivity contribution in [1.82, 2.24) is 5.32 Å². The molecule has 2 heterocycles. The molecule has 1 amide bonds. The summed E-state index contributed by atoms with van der Waals surface area (Å²) in [7, 11) is 0. The van der Waals surface area contributed by atoms with E-state index in [1.54, 1.807) is 6.07 Å². The molecule has 3 aromatic carbocycles. The molecular formula is C27H23Cl2NO2S. The van der Waals surface area contributed by atoms with Gasteiger partial charge in [-0.25, -0.2) is 0 Å². The fourth-order valence-corrected chi connectivity index (χ4v) is 6.45. The van der Waals surface area contributed by atoms with E-state index >= 15 is 0 Å². The van der Waals surface area contributed by atoms with Crippen LogP contribution < -0.4 is 10.1 Å². The van der Waals surface area contributed by atoms with Crippen LogP contribution in [0.1, 0.15) is 53.0 Å². The monoisotopic (exact) mass is 495 g/mol. The molecule has 0 saturated heterocycles. The number of thiophene rings is 1. The minimum atomic E-state index is -0.0705. The SMILES string of the molecule is CC(C)c1c(C(=O)NC2CCOc3ccccc32)sc2c(-c3cc(Cl)cc(Cl)c3)cccc12. The van der Waals surface area contributed by atoms with Crippen molar-refractivity contribution in [2.75, 3.05) is 6.61 Å². The van der Waals surface area contributed by atoms with Gasteiger partial charge in [0.15, 0.2) is 0 Å². The zero-order valence-corrected chi connectivity index (χ0v) is 20.7. The molecule has 1 unspecified atom stereocenters. The molecule has 0 aliphatic carbocycles. The highest BCUT2D eigenvalue weighted by Crippen LogP contribution is 2.42. The second-order valence-electron chi connectivity index (χ2n) is 8.54. The number of fused-ring (bicyclic) bond motifs is 2. The summed E-state index contributed by atoms with van der Waals surface area (Å²) >= 11 is 14.1. The summed E-state index contributed by atoms with van der Waals surface area (Å²) in [6.45, 7) is 4.85. The van der Waals surface area contributed by atoms with E-state index in [0.29, 0.717) is 16.7 Å². The third-order valence-electron chi connectivity index (χ3n) is 5.97. The number of halogens is 2. The van der Waals surface area contributed by atoms with Gasteiger partial charge in [0, 0.05) is 26.7 Å². The number of nitrogens with one attached hydrogen (secondary N) is 1. The summed E-state index contributed by atoms with van der Waals surface area (Å²) in [4.78, 5) is 14.3. The summed E-state index contributed by atoms with van der Waals surface area (Å²) in [6.07, 6.45) is 0.747. The highest BCUT2D eigenvalue weighted by Gasteiger charge is 2.27. The molecule has 0 saturated carbocycles. The van der Waals surface area contributed by atoms with Crippen LogP contribution in [0.15, 0.2) is 60.7 Å². The van der Waals surface area contributed by atoms with E-state index in [1.807, 2.05) is 42.5 Å². The fraction of sp³-hybridized carbons (Fsp3) is 0.222. The van der Waals surface area contributed by atoms with Gasteiger partial charge < -0.3 is 10.1 Å². The Kier molecular flexibility index (Phi) is 6.09. The van der Waals surface area contributed by atoms with Crippen LogP contribution in [0.2, 0.25) is 10.0 Å². The second kappa shape index (κ2) is 9.02. The predicted molar refractivity (Wildman–Crippen MR) is 138 cm³/mol. The van der Waals surface area contributed by atoms with Crippen molar-refractivity contribution in [3.05, 3.63) is 86.7 Å². The molecular weight excluding hydrogens is 473 g/mol. The minimum absolute atomic E-state index is 0.0447. The maximum Gasteiger partial charge on any atom is 0.262 e. The molecule has 6 heteroatoms. The van der Waals surface area contributed by atoms with Crippen molar-refractivity contribution in [1.29, 1.82) is 0 Å². The van der Waals surface area contributed by atoms with E-state index in [2.05, 4.69) is 31.3 Å². The van der Waals surface area contributed by atoms with E-state index in [0.717, 1.165) is 49.4 Å². The van der Waals surface area contributed by atoms with Crippen LogP contribution in [0.25, 0.3) is 21.2 Å². The first-order valence-electron chi connectivity index (χ1n) is 11.0. The number of amides is 1. The lowest BCUT2D eigenvalue weighted by molar-refractivity contribution is 0.0928. The number of benzene rings is 3. The first-order chi connectivity index (χ1) is 15.9. The van der Waals surface area contributed by atoms with Crippen molar-refractivity contribution >= 4 is 50.5 Å². The molecule has 0 fully saturated rings. The third kappa shape index (κ3) is 4.23. The zero-order valence-electron chi connectivity index (χ0n) is 18.3. The van der Waals surface area contributed by atoms with Gasteiger partial charge in [0.05, 0.1) is 17.5 Å². The van der Waals surface area contributed by atoms with Crippen LogP contribution >= 0.6 is 34.5 Å².